The van der Waals surface area contributed by atoms with E-state index in [4.69, 9.17) is 14.7 Å². The van der Waals surface area contributed by atoms with Crippen molar-refractivity contribution < 1.29 is 22.7 Å². The predicted molar refractivity (Wildman–Crippen MR) is 67.2 cm³/mol. The van der Waals surface area contributed by atoms with Crippen molar-refractivity contribution in [2.75, 3.05) is 0 Å². The number of benzene rings is 1. The monoisotopic (exact) mass is 281 g/mol. The van der Waals surface area contributed by atoms with Crippen molar-refractivity contribution in [2.24, 2.45) is 5.14 Å². The first-order valence-electron chi connectivity index (χ1n) is 5.25. The van der Waals surface area contributed by atoms with Gasteiger partial charge in [-0.25, -0.2) is 18.4 Å². The molecule has 6 nitrogen and oxygen atoms in total. The van der Waals surface area contributed by atoms with Gasteiger partial charge in [-0.05, 0) is 24.6 Å². The van der Waals surface area contributed by atoms with E-state index >= 15 is 0 Å². The van der Waals surface area contributed by atoms with Gasteiger partial charge in [-0.2, -0.15) is 0 Å². The minimum atomic E-state index is -3.76. The molecule has 0 aliphatic rings. The lowest BCUT2D eigenvalue weighted by Crippen LogP contribution is -2.11. The maximum absolute atomic E-state index is 11.1. The molecule has 0 amide bonds. The molecule has 0 aliphatic carbocycles. The SMILES string of the molecule is Cc1occ(-c2ccc(S(N)(=O)=O)cc2)c1C(=O)O. The second kappa shape index (κ2) is 4.52. The lowest BCUT2D eigenvalue weighted by Gasteiger charge is -2.02. The van der Waals surface area contributed by atoms with E-state index in [1.54, 1.807) is 6.92 Å². The van der Waals surface area contributed by atoms with Crippen LogP contribution in [-0.2, 0) is 10.0 Å². The molecule has 0 fully saturated rings. The highest BCUT2D eigenvalue weighted by Crippen LogP contribution is 2.28. The Morgan fingerprint density at radius 2 is 1.84 bits per heavy atom. The topological polar surface area (TPSA) is 111 Å². The smallest absolute Gasteiger partial charge is 0.339 e. The average molecular weight is 281 g/mol. The van der Waals surface area contributed by atoms with Crippen LogP contribution < -0.4 is 5.14 Å². The summed E-state index contributed by atoms with van der Waals surface area (Å²) in [7, 11) is -3.76. The van der Waals surface area contributed by atoms with Gasteiger partial charge < -0.3 is 9.52 Å². The predicted octanol–water partition coefficient (Wildman–Crippen LogP) is 1.60. The highest BCUT2D eigenvalue weighted by Gasteiger charge is 2.19. The van der Waals surface area contributed by atoms with E-state index in [0.717, 1.165) is 0 Å². The van der Waals surface area contributed by atoms with E-state index in [1.807, 2.05) is 0 Å². The molecule has 1 aromatic heterocycles. The lowest BCUT2D eigenvalue weighted by molar-refractivity contribution is 0.0696. The number of aryl methyl sites for hydroxylation is 1. The van der Waals surface area contributed by atoms with E-state index in [0.29, 0.717) is 11.1 Å². The summed E-state index contributed by atoms with van der Waals surface area (Å²) < 4.78 is 27.3. The quantitative estimate of drug-likeness (QED) is 0.887. The number of primary sulfonamides is 1. The summed E-state index contributed by atoms with van der Waals surface area (Å²) in [6.45, 7) is 1.55. The molecule has 19 heavy (non-hydrogen) atoms. The Labute approximate surface area is 109 Å². The molecule has 0 bridgehead atoms. The van der Waals surface area contributed by atoms with E-state index in [9.17, 15) is 13.2 Å². The Kier molecular flexibility index (Phi) is 3.17. The standard InChI is InChI=1S/C12H11NO5S/c1-7-11(12(14)15)10(6-18-7)8-2-4-9(5-3-8)19(13,16)17/h2-6H,1H3,(H,14,15)(H2,13,16,17). The van der Waals surface area contributed by atoms with E-state index < -0.39 is 16.0 Å². The molecule has 2 aromatic rings. The summed E-state index contributed by atoms with van der Waals surface area (Å²) in [5.74, 6) is -0.810. The summed E-state index contributed by atoms with van der Waals surface area (Å²) in [6.07, 6.45) is 1.32. The number of nitrogens with two attached hydrogens (primary N) is 1. The number of carbonyl (C=O) groups is 1. The van der Waals surface area contributed by atoms with Gasteiger partial charge in [0.1, 0.15) is 11.3 Å². The van der Waals surface area contributed by atoms with Gasteiger partial charge in [0, 0.05) is 5.56 Å². The second-order valence-corrected chi connectivity index (χ2v) is 5.52. The number of hydrogen-bond acceptors (Lipinski definition) is 4. The number of carboxylic acid groups (broad SMARTS) is 1. The number of rotatable bonds is 3. The van der Waals surface area contributed by atoms with Crippen molar-refractivity contribution in [3.8, 4) is 11.1 Å². The molecule has 100 valence electrons. The van der Waals surface area contributed by atoms with Gasteiger partial charge >= 0.3 is 5.97 Å². The van der Waals surface area contributed by atoms with Crippen LogP contribution in [0.1, 0.15) is 16.1 Å². The Balaban J connectivity index is 2.52. The van der Waals surface area contributed by atoms with Crippen LogP contribution in [0.2, 0.25) is 0 Å². The molecule has 1 heterocycles. The van der Waals surface area contributed by atoms with Crippen LogP contribution >= 0.6 is 0 Å². The Bertz CT molecular complexity index is 728. The molecule has 0 aliphatic heterocycles. The highest BCUT2D eigenvalue weighted by molar-refractivity contribution is 7.89. The molecule has 0 saturated carbocycles. The molecule has 0 spiro atoms. The molecule has 0 radical (unpaired) electrons. The fourth-order valence-corrected chi connectivity index (χ4v) is 2.27. The van der Waals surface area contributed by atoms with Crippen LogP contribution in [0.25, 0.3) is 11.1 Å². The summed E-state index contributed by atoms with van der Waals surface area (Å²) in [6, 6.07) is 5.60. The fourth-order valence-electron chi connectivity index (χ4n) is 1.76. The van der Waals surface area contributed by atoms with Crippen molar-refractivity contribution in [1.82, 2.24) is 0 Å². The lowest BCUT2D eigenvalue weighted by atomic mass is 10.0. The zero-order valence-corrected chi connectivity index (χ0v) is 10.8. The number of sulfonamides is 1. The van der Waals surface area contributed by atoms with E-state index in [-0.39, 0.29) is 16.2 Å². The van der Waals surface area contributed by atoms with E-state index in [2.05, 4.69) is 0 Å². The number of aromatic carboxylic acids is 1. The van der Waals surface area contributed by atoms with Crippen molar-refractivity contribution in [3.05, 3.63) is 41.9 Å². The molecule has 0 atom stereocenters. The van der Waals surface area contributed by atoms with Gasteiger partial charge in [-0.15, -0.1) is 0 Å². The van der Waals surface area contributed by atoms with Gasteiger partial charge in [-0.3, -0.25) is 0 Å². The van der Waals surface area contributed by atoms with Crippen LogP contribution in [0.3, 0.4) is 0 Å². The highest BCUT2D eigenvalue weighted by atomic mass is 32.2. The molecule has 0 unspecified atom stereocenters. The molecular weight excluding hydrogens is 270 g/mol. The first-order chi connectivity index (χ1) is 8.80. The molecule has 0 saturated heterocycles. The summed E-state index contributed by atoms with van der Waals surface area (Å²) in [4.78, 5) is 11.1. The van der Waals surface area contributed by atoms with Crippen LogP contribution in [0, 0.1) is 6.92 Å². The zero-order valence-electron chi connectivity index (χ0n) is 9.95. The number of hydrogen-bond donors (Lipinski definition) is 2. The van der Waals surface area contributed by atoms with Crippen molar-refractivity contribution in [3.63, 3.8) is 0 Å². The summed E-state index contributed by atoms with van der Waals surface area (Å²) >= 11 is 0. The fraction of sp³-hybridized carbons (Fsp3) is 0.0833. The van der Waals surface area contributed by atoms with Gasteiger partial charge in [0.25, 0.3) is 0 Å². The third kappa shape index (κ3) is 2.51. The Morgan fingerprint density at radius 1 is 1.26 bits per heavy atom. The summed E-state index contributed by atoms with van der Waals surface area (Å²) in [5, 5.41) is 14.1. The van der Waals surface area contributed by atoms with Crippen LogP contribution in [0.4, 0.5) is 0 Å². The van der Waals surface area contributed by atoms with Gasteiger partial charge in [0.05, 0.1) is 11.2 Å². The molecule has 1 aromatic carbocycles. The normalized spacial score (nSPS) is 11.5. The first-order valence-corrected chi connectivity index (χ1v) is 6.80. The minimum Gasteiger partial charge on any atom is -0.478 e. The van der Waals surface area contributed by atoms with Crippen molar-refractivity contribution >= 4 is 16.0 Å². The third-order valence-corrected chi connectivity index (χ3v) is 3.61. The van der Waals surface area contributed by atoms with Crippen LogP contribution in [0.5, 0.6) is 0 Å². The molecule has 2 rings (SSSR count). The van der Waals surface area contributed by atoms with Gasteiger partial charge in [0.2, 0.25) is 10.0 Å². The number of carboxylic acids is 1. The Morgan fingerprint density at radius 3 is 2.32 bits per heavy atom. The number of furan rings is 1. The maximum atomic E-state index is 11.1. The first kappa shape index (κ1) is 13.3. The minimum absolute atomic E-state index is 0.0339. The zero-order chi connectivity index (χ0) is 14.2. The molecule has 3 N–H and O–H groups in total. The van der Waals surface area contributed by atoms with Gasteiger partial charge in [-0.1, -0.05) is 12.1 Å². The molecule has 7 heteroatoms. The maximum Gasteiger partial charge on any atom is 0.339 e. The average Bonchev–Trinajstić information content (AvgIpc) is 2.70. The summed E-state index contributed by atoms with van der Waals surface area (Å²) in [5.41, 5.74) is 0.996. The van der Waals surface area contributed by atoms with Crippen molar-refractivity contribution in [2.45, 2.75) is 11.8 Å². The third-order valence-electron chi connectivity index (χ3n) is 2.68. The largest absolute Gasteiger partial charge is 0.478 e. The van der Waals surface area contributed by atoms with Gasteiger partial charge in [0.15, 0.2) is 0 Å². The van der Waals surface area contributed by atoms with Crippen LogP contribution in [0.15, 0.2) is 39.8 Å². The van der Waals surface area contributed by atoms with E-state index in [1.165, 1.54) is 30.5 Å². The van der Waals surface area contributed by atoms with Crippen molar-refractivity contribution in [1.29, 1.82) is 0 Å². The molecular formula is C12H11NO5S. The Hall–Kier alpha value is -2.12. The van der Waals surface area contributed by atoms with Crippen LogP contribution in [-0.4, -0.2) is 19.5 Å². The second-order valence-electron chi connectivity index (χ2n) is 3.96.